The SMILES string of the molecule is C=C/C=C\c1cccc(-c2c3ccccc3c(-c3ccc4c(c3)sc3c5ccccc5c5c6cc(-c7cc/c(=C/C(=C)C8=c9\cccc\c9=C(C(=C)c9cc%10c(cc9-c9cc%11ccccc%11s9)oc9ccccc9%10)\C=C\CC\C=C\8)c(=C)c7)ccc6oc5c43)c3ccccc23)c1. The molecule has 0 radical (unpaired) electrons. The van der Waals surface area contributed by atoms with Crippen LogP contribution in [0.5, 0.6) is 0 Å². The number of fused-ring (bicyclic) bond motifs is 17. The Hall–Kier alpha value is -11.7. The Labute approximate surface area is 562 Å². The van der Waals surface area contributed by atoms with E-state index in [0.29, 0.717) is 0 Å². The molecule has 4 aromatic heterocycles. The minimum Gasteiger partial charge on any atom is -0.456 e. The molecule has 17 aromatic rings. The molecular formula is C92H60O2S2. The Morgan fingerprint density at radius 3 is 1.82 bits per heavy atom. The van der Waals surface area contributed by atoms with E-state index in [1.807, 2.05) is 29.6 Å². The molecule has 0 atom stereocenters. The predicted octanol–water partition coefficient (Wildman–Crippen LogP) is 23.8. The standard InChI is InChI=1S/C92H60O2S2/c1-5-6-24-58-25-23-27-63(49-58)87-70-33-14-16-35-72(70)88(73-36-17-15-34-71(73)87)64-43-45-76-85(52-64)96-92-75-38-19-18-37-74(75)89-80-50-61(44-46-82(80)94-91(89)90(76)92)60-42-41-59(55(2)47-60)48-56(3)65-28-9-7-8-10-29-66(68-31-13-12-30-67(65)68)57(4)77-53-78-69-32-20-21-39-81(69)93-83(78)54-79(77)86-51-62-26-11-22-40-84(62)95-86/h5-6,9-54H,1-4,7-8H2/b24-6-,28-9+,29-10+,59-48-,67-65+,68-66+. The molecule has 0 spiro atoms. The lowest BCUT2D eigenvalue weighted by Crippen LogP contribution is -2.29. The van der Waals surface area contributed by atoms with Crippen LogP contribution < -0.4 is 20.9 Å². The smallest absolute Gasteiger partial charge is 0.145 e. The zero-order valence-corrected chi connectivity index (χ0v) is 54.2. The molecule has 0 amide bonds. The van der Waals surface area contributed by atoms with Gasteiger partial charge in [0.1, 0.15) is 22.3 Å². The highest BCUT2D eigenvalue weighted by atomic mass is 32.1. The van der Waals surface area contributed by atoms with Crippen LogP contribution in [0.1, 0.15) is 24.0 Å². The van der Waals surface area contributed by atoms with Crippen molar-refractivity contribution >= 4 is 165 Å². The number of benzene rings is 13. The van der Waals surface area contributed by atoms with Gasteiger partial charge >= 0.3 is 0 Å². The lowest BCUT2D eigenvalue weighted by molar-refractivity contribution is 0.669. The van der Waals surface area contributed by atoms with Crippen molar-refractivity contribution in [1.29, 1.82) is 0 Å². The second-order valence-electron chi connectivity index (χ2n) is 25.1. The lowest BCUT2D eigenvalue weighted by Gasteiger charge is -2.18. The van der Waals surface area contributed by atoms with Gasteiger partial charge in [-0.1, -0.05) is 251 Å². The van der Waals surface area contributed by atoms with Gasteiger partial charge in [-0.05, 0) is 200 Å². The van der Waals surface area contributed by atoms with Crippen molar-refractivity contribution in [2.24, 2.45) is 0 Å². The van der Waals surface area contributed by atoms with Gasteiger partial charge in [-0.3, -0.25) is 0 Å². The van der Waals surface area contributed by atoms with Crippen LogP contribution in [-0.2, 0) is 0 Å². The Balaban J connectivity index is 0.728. The Morgan fingerprint density at radius 1 is 0.438 bits per heavy atom. The molecule has 18 rings (SSSR count). The number of thiophene rings is 2. The maximum Gasteiger partial charge on any atom is 0.145 e. The van der Waals surface area contributed by atoms with E-state index in [2.05, 4.69) is 280 Å². The highest BCUT2D eigenvalue weighted by molar-refractivity contribution is 7.27. The van der Waals surface area contributed by atoms with Gasteiger partial charge in [0.25, 0.3) is 0 Å². The Kier molecular flexibility index (Phi) is 13.7. The Morgan fingerprint density at radius 2 is 1.07 bits per heavy atom. The molecule has 0 unspecified atom stereocenters. The molecule has 2 nitrogen and oxygen atoms in total. The van der Waals surface area contributed by atoms with E-state index in [9.17, 15) is 0 Å². The van der Waals surface area contributed by atoms with Crippen LogP contribution in [0, 0.1) is 0 Å². The Bertz CT molecular complexity index is 6510. The van der Waals surface area contributed by atoms with Gasteiger partial charge in [0.15, 0.2) is 0 Å². The second kappa shape index (κ2) is 23.1. The average Bonchev–Trinajstić information content (AvgIpc) is 1.65. The third-order valence-electron chi connectivity index (χ3n) is 19.5. The molecule has 0 aliphatic heterocycles. The summed E-state index contributed by atoms with van der Waals surface area (Å²) >= 11 is 3.66. The average molecular weight is 1260 g/mol. The molecule has 1 aliphatic carbocycles. The van der Waals surface area contributed by atoms with E-state index in [1.54, 1.807) is 11.3 Å². The summed E-state index contributed by atoms with van der Waals surface area (Å²) in [6, 6.07) is 88.3. The molecule has 1 aliphatic rings. The molecule has 4 heteroatoms. The van der Waals surface area contributed by atoms with Crippen molar-refractivity contribution < 1.29 is 8.83 Å². The van der Waals surface area contributed by atoms with E-state index in [-0.39, 0.29) is 0 Å². The fraction of sp³-hybridized carbons (Fsp3) is 0.0217. The first-order valence-electron chi connectivity index (χ1n) is 32.7. The van der Waals surface area contributed by atoms with E-state index < -0.39 is 0 Å². The molecule has 4 heterocycles. The summed E-state index contributed by atoms with van der Waals surface area (Å²) in [7, 11) is 0. The van der Waals surface area contributed by atoms with Crippen molar-refractivity contribution in [3.63, 3.8) is 0 Å². The molecule has 13 aromatic carbocycles. The molecule has 0 N–H and O–H groups in total. The van der Waals surface area contributed by atoms with Gasteiger partial charge in [0.2, 0.25) is 0 Å². The van der Waals surface area contributed by atoms with Gasteiger partial charge in [0.05, 0.1) is 0 Å². The summed E-state index contributed by atoms with van der Waals surface area (Å²) < 4.78 is 17.3. The summed E-state index contributed by atoms with van der Waals surface area (Å²) in [4.78, 5) is 1.17. The fourth-order valence-electron chi connectivity index (χ4n) is 15.0. The zero-order valence-electron chi connectivity index (χ0n) is 52.6. The molecule has 96 heavy (non-hydrogen) atoms. The van der Waals surface area contributed by atoms with Gasteiger partial charge in [0, 0.05) is 62.2 Å². The van der Waals surface area contributed by atoms with Crippen molar-refractivity contribution in [2.75, 3.05) is 0 Å². The van der Waals surface area contributed by atoms with Gasteiger partial charge < -0.3 is 8.83 Å². The number of furan rings is 2. The van der Waals surface area contributed by atoms with E-state index in [4.69, 9.17) is 28.6 Å². The van der Waals surface area contributed by atoms with Crippen molar-refractivity contribution in [3.05, 3.63) is 336 Å². The van der Waals surface area contributed by atoms with E-state index in [1.165, 1.54) is 84.3 Å². The fourth-order valence-corrected chi connectivity index (χ4v) is 17.3. The number of para-hydroxylation sites is 1. The highest BCUT2D eigenvalue weighted by Crippen LogP contribution is 2.51. The van der Waals surface area contributed by atoms with Crippen LogP contribution in [0.3, 0.4) is 0 Å². The quantitative estimate of drug-likeness (QED) is 0.101. The third kappa shape index (κ3) is 9.43. The molecule has 0 fully saturated rings. The second-order valence-corrected chi connectivity index (χ2v) is 27.2. The summed E-state index contributed by atoms with van der Waals surface area (Å²) in [5.41, 5.74) is 17.8. The first kappa shape index (κ1) is 57.0. The lowest BCUT2D eigenvalue weighted by atomic mass is 9.85. The summed E-state index contributed by atoms with van der Waals surface area (Å²) in [6.45, 7) is 18.4. The van der Waals surface area contributed by atoms with Crippen molar-refractivity contribution in [2.45, 2.75) is 12.8 Å². The van der Waals surface area contributed by atoms with Crippen molar-refractivity contribution in [1.82, 2.24) is 0 Å². The number of allylic oxidation sites excluding steroid dienone is 8. The number of hydrogen-bond acceptors (Lipinski definition) is 4. The van der Waals surface area contributed by atoms with Crippen LogP contribution in [-0.4, -0.2) is 0 Å². The minimum absolute atomic E-state index is 0.860. The zero-order chi connectivity index (χ0) is 64.1. The summed E-state index contributed by atoms with van der Waals surface area (Å²) in [5, 5.41) is 19.4. The molecule has 452 valence electrons. The van der Waals surface area contributed by atoms with Gasteiger partial charge in [-0.15, -0.1) is 22.7 Å². The first-order chi connectivity index (χ1) is 47.3. The van der Waals surface area contributed by atoms with Crippen LogP contribution in [0.25, 0.3) is 186 Å². The van der Waals surface area contributed by atoms with E-state index >= 15 is 0 Å². The minimum atomic E-state index is 0.860. The first-order valence-corrected chi connectivity index (χ1v) is 34.3. The molecular weight excluding hydrogens is 1200 g/mol. The highest BCUT2D eigenvalue weighted by Gasteiger charge is 2.24. The molecule has 0 saturated carbocycles. The molecule has 0 bridgehead atoms. The number of rotatable bonds is 10. The maximum atomic E-state index is 7.10. The monoisotopic (exact) mass is 1260 g/mol. The summed E-state index contributed by atoms with van der Waals surface area (Å²) in [5.74, 6) is 0. The summed E-state index contributed by atoms with van der Waals surface area (Å²) in [6.07, 6.45) is 19.0. The van der Waals surface area contributed by atoms with Crippen LogP contribution in [0.15, 0.2) is 313 Å². The largest absolute Gasteiger partial charge is 0.456 e. The van der Waals surface area contributed by atoms with Crippen LogP contribution >= 0.6 is 22.7 Å². The van der Waals surface area contributed by atoms with Crippen molar-refractivity contribution in [3.8, 4) is 43.8 Å². The van der Waals surface area contributed by atoms with E-state index in [0.717, 1.165) is 133 Å². The molecule has 0 saturated heterocycles. The topological polar surface area (TPSA) is 26.3 Å². The number of hydrogen-bond donors (Lipinski definition) is 0. The van der Waals surface area contributed by atoms with Crippen LogP contribution in [0.4, 0.5) is 0 Å². The van der Waals surface area contributed by atoms with Crippen LogP contribution in [0.2, 0.25) is 0 Å². The predicted molar refractivity (Wildman–Crippen MR) is 417 cm³/mol. The van der Waals surface area contributed by atoms with Gasteiger partial charge in [-0.25, -0.2) is 0 Å². The normalized spacial score (nSPS) is 15.0. The maximum absolute atomic E-state index is 7.10. The van der Waals surface area contributed by atoms with Gasteiger partial charge in [-0.2, -0.15) is 0 Å². The third-order valence-corrected chi connectivity index (χ3v) is 21.8.